The first-order chi connectivity index (χ1) is 8.76. The zero-order chi connectivity index (χ0) is 14.5. The van der Waals surface area contributed by atoms with Gasteiger partial charge in [-0.25, -0.2) is 4.79 Å². The fourth-order valence-electron chi connectivity index (χ4n) is 1.07. The first-order valence-electron chi connectivity index (χ1n) is 4.89. The van der Waals surface area contributed by atoms with Crippen LogP contribution in [-0.2, 0) is 4.79 Å². The van der Waals surface area contributed by atoms with Crippen LogP contribution in [0, 0.1) is 0 Å². The van der Waals surface area contributed by atoms with Gasteiger partial charge in [0.15, 0.2) is 0 Å². The minimum absolute atomic E-state index is 0.0102. The lowest BCUT2D eigenvalue weighted by atomic mass is 10.3. The number of aliphatic carboxylic acids is 1. The van der Waals surface area contributed by atoms with Crippen molar-refractivity contribution in [2.24, 2.45) is 0 Å². The van der Waals surface area contributed by atoms with Crippen LogP contribution in [0.2, 0.25) is 0 Å². The number of hydrogen-bond acceptors (Lipinski definition) is 3. The molecule has 0 bridgehead atoms. The number of thioether (sulfide) groups is 1. The molecule has 19 heavy (non-hydrogen) atoms. The number of hydrogen-bond donors (Lipinski definition) is 3. The summed E-state index contributed by atoms with van der Waals surface area (Å²) in [6.45, 7) is -0.548. The third-order valence-corrected chi connectivity index (χ3v) is 2.49. The normalized spacial score (nSPS) is 10.9. The summed E-state index contributed by atoms with van der Waals surface area (Å²) in [7, 11) is 0. The molecule has 0 spiro atoms. The van der Waals surface area contributed by atoms with E-state index in [2.05, 4.69) is 5.32 Å². The number of nitrogens with one attached hydrogen (secondary N) is 2. The summed E-state index contributed by atoms with van der Waals surface area (Å²) in [5.74, 6) is -1.20. The van der Waals surface area contributed by atoms with E-state index in [1.54, 1.807) is 0 Å². The Morgan fingerprint density at radius 1 is 1.21 bits per heavy atom. The summed E-state index contributed by atoms with van der Waals surface area (Å²) < 4.78 is 36.2. The predicted octanol–water partition coefficient (Wildman–Crippen LogP) is 2.50. The Balaban J connectivity index is 2.52. The van der Waals surface area contributed by atoms with Gasteiger partial charge in [-0.1, -0.05) is 0 Å². The van der Waals surface area contributed by atoms with E-state index in [1.807, 2.05) is 5.32 Å². The second kappa shape index (κ2) is 6.32. The van der Waals surface area contributed by atoms with Gasteiger partial charge in [-0.15, -0.1) is 0 Å². The predicted molar refractivity (Wildman–Crippen MR) is 63.0 cm³/mol. The van der Waals surface area contributed by atoms with Crippen LogP contribution >= 0.6 is 11.8 Å². The lowest BCUT2D eigenvalue weighted by Crippen LogP contribution is -2.33. The number of urea groups is 1. The van der Waals surface area contributed by atoms with Gasteiger partial charge in [0.05, 0.1) is 0 Å². The van der Waals surface area contributed by atoms with E-state index in [-0.39, 0.29) is 22.3 Å². The smallest absolute Gasteiger partial charge is 0.446 e. The van der Waals surface area contributed by atoms with Gasteiger partial charge < -0.3 is 15.7 Å². The lowest BCUT2D eigenvalue weighted by Gasteiger charge is -2.08. The summed E-state index contributed by atoms with van der Waals surface area (Å²) in [6.07, 6.45) is 0. The van der Waals surface area contributed by atoms with Crippen LogP contribution in [-0.4, -0.2) is 29.2 Å². The van der Waals surface area contributed by atoms with Crippen molar-refractivity contribution in [3.05, 3.63) is 24.3 Å². The molecule has 1 aromatic rings. The number of carboxylic acid groups (broad SMARTS) is 1. The van der Waals surface area contributed by atoms with Gasteiger partial charge in [-0.05, 0) is 36.0 Å². The second-order valence-corrected chi connectivity index (χ2v) is 4.41. The Hall–Kier alpha value is -1.90. The molecule has 0 radical (unpaired) electrons. The van der Waals surface area contributed by atoms with Crippen molar-refractivity contribution < 1.29 is 27.9 Å². The number of carbonyl (C=O) groups is 2. The standard InChI is InChI=1S/C10H9F3N2O3S/c11-10(12,13)19-7-3-1-6(2-4-7)15-9(18)14-5-8(16)17/h1-4H,5H2,(H,16,17)(H2,14,15,18). The monoisotopic (exact) mass is 294 g/mol. The zero-order valence-electron chi connectivity index (χ0n) is 9.32. The molecule has 2 amide bonds. The van der Waals surface area contributed by atoms with Gasteiger partial charge in [0.1, 0.15) is 6.54 Å². The van der Waals surface area contributed by atoms with E-state index in [4.69, 9.17) is 5.11 Å². The first kappa shape index (κ1) is 15.2. The minimum Gasteiger partial charge on any atom is -0.480 e. The Morgan fingerprint density at radius 3 is 2.26 bits per heavy atom. The number of benzene rings is 1. The molecule has 0 fully saturated rings. The van der Waals surface area contributed by atoms with E-state index in [0.29, 0.717) is 0 Å². The van der Waals surface area contributed by atoms with Crippen molar-refractivity contribution in [3.8, 4) is 0 Å². The second-order valence-electron chi connectivity index (χ2n) is 3.27. The van der Waals surface area contributed by atoms with Crippen LogP contribution in [0.15, 0.2) is 29.2 Å². The Labute approximate surface area is 110 Å². The molecular weight excluding hydrogens is 285 g/mol. The highest BCUT2D eigenvalue weighted by atomic mass is 32.2. The quantitative estimate of drug-likeness (QED) is 0.746. The van der Waals surface area contributed by atoms with Crippen molar-refractivity contribution in [1.82, 2.24) is 5.32 Å². The topological polar surface area (TPSA) is 78.4 Å². The molecule has 3 N–H and O–H groups in total. The summed E-state index contributed by atoms with van der Waals surface area (Å²) in [5, 5.41) is 12.7. The highest BCUT2D eigenvalue weighted by Crippen LogP contribution is 2.36. The molecule has 5 nitrogen and oxygen atoms in total. The fourth-order valence-corrected chi connectivity index (χ4v) is 1.61. The van der Waals surface area contributed by atoms with Crippen LogP contribution < -0.4 is 10.6 Å². The molecule has 0 heterocycles. The molecule has 0 atom stereocenters. The van der Waals surface area contributed by atoms with Crippen molar-refractivity contribution in [2.75, 3.05) is 11.9 Å². The van der Waals surface area contributed by atoms with Gasteiger partial charge in [0.25, 0.3) is 0 Å². The largest absolute Gasteiger partial charge is 0.480 e. The van der Waals surface area contributed by atoms with Crippen molar-refractivity contribution in [1.29, 1.82) is 0 Å². The number of halogens is 3. The van der Waals surface area contributed by atoms with Gasteiger partial charge >= 0.3 is 17.5 Å². The summed E-state index contributed by atoms with van der Waals surface area (Å²) in [4.78, 5) is 21.3. The molecule has 0 unspecified atom stereocenters. The Bertz CT molecular complexity index is 462. The van der Waals surface area contributed by atoms with Gasteiger partial charge in [-0.3, -0.25) is 4.79 Å². The molecule has 9 heteroatoms. The van der Waals surface area contributed by atoms with Crippen LogP contribution in [0.25, 0.3) is 0 Å². The Kier molecular flexibility index (Phi) is 5.04. The molecule has 1 aromatic carbocycles. The molecular formula is C10H9F3N2O3S. The molecule has 0 aliphatic rings. The van der Waals surface area contributed by atoms with E-state index in [1.165, 1.54) is 24.3 Å². The maximum absolute atomic E-state index is 12.1. The average molecular weight is 294 g/mol. The number of anilines is 1. The molecule has 104 valence electrons. The highest BCUT2D eigenvalue weighted by Gasteiger charge is 2.28. The highest BCUT2D eigenvalue weighted by molar-refractivity contribution is 8.00. The molecule has 1 rings (SSSR count). The van der Waals surface area contributed by atoms with Crippen LogP contribution in [0.5, 0.6) is 0 Å². The van der Waals surface area contributed by atoms with E-state index in [9.17, 15) is 22.8 Å². The third kappa shape index (κ3) is 6.55. The number of alkyl halides is 3. The SMILES string of the molecule is O=C(O)CNC(=O)Nc1ccc(SC(F)(F)F)cc1. The number of rotatable bonds is 4. The third-order valence-electron chi connectivity index (χ3n) is 1.75. The van der Waals surface area contributed by atoms with Gasteiger partial charge in [0.2, 0.25) is 0 Å². The maximum atomic E-state index is 12.1. The molecule has 0 aliphatic heterocycles. The minimum atomic E-state index is -4.37. The summed E-state index contributed by atoms with van der Waals surface area (Å²) >= 11 is -0.264. The van der Waals surface area contributed by atoms with Crippen molar-refractivity contribution in [3.63, 3.8) is 0 Å². The van der Waals surface area contributed by atoms with E-state index >= 15 is 0 Å². The summed E-state index contributed by atoms with van der Waals surface area (Å²) in [6, 6.07) is 4.22. The molecule has 0 saturated heterocycles. The van der Waals surface area contributed by atoms with Crippen LogP contribution in [0.1, 0.15) is 0 Å². The van der Waals surface area contributed by atoms with Crippen LogP contribution in [0.4, 0.5) is 23.7 Å². The van der Waals surface area contributed by atoms with E-state index < -0.39 is 24.1 Å². The average Bonchev–Trinajstić information content (AvgIpc) is 2.27. The molecule has 0 aliphatic carbocycles. The molecule has 0 saturated carbocycles. The number of carboxylic acids is 1. The van der Waals surface area contributed by atoms with Crippen molar-refractivity contribution >= 4 is 29.4 Å². The number of carbonyl (C=O) groups excluding carboxylic acids is 1. The Morgan fingerprint density at radius 2 is 1.79 bits per heavy atom. The van der Waals surface area contributed by atoms with Crippen molar-refractivity contribution in [2.45, 2.75) is 10.4 Å². The zero-order valence-corrected chi connectivity index (χ0v) is 10.1. The molecule has 0 aromatic heterocycles. The van der Waals surface area contributed by atoms with Gasteiger partial charge in [-0.2, -0.15) is 13.2 Å². The van der Waals surface area contributed by atoms with Gasteiger partial charge in [0, 0.05) is 10.6 Å². The van der Waals surface area contributed by atoms with E-state index in [0.717, 1.165) is 0 Å². The lowest BCUT2D eigenvalue weighted by molar-refractivity contribution is -0.135. The number of amides is 2. The maximum Gasteiger partial charge on any atom is 0.446 e. The first-order valence-corrected chi connectivity index (χ1v) is 5.70. The van der Waals surface area contributed by atoms with Crippen LogP contribution in [0.3, 0.4) is 0 Å². The fraction of sp³-hybridized carbons (Fsp3) is 0.200. The summed E-state index contributed by atoms with van der Waals surface area (Å²) in [5.41, 5.74) is -4.11.